The standard InChI is InChI=1S/C41H39FN10O5/c42-31-21-48(15-14-32(31)52-38-35(37(43)44-22-45-38)36(47-52)23-6-9-28(10-7-23)57-27-4-2-1-3-5-27)25-17-50(18-25)26-19-49(20-26)24-8-11-29-30(16-24)41(56)51(40(29)55)33-12-13-34(53)46-39(33)54/h1-11,16,22,25-26,31-33H,12-15,17-21H2,(H2,43,44,45)(H,46,53,54)/t31-,32-,33?/m1/s1. The Labute approximate surface area is 326 Å². The number of fused-ring (bicyclic) bond motifs is 2. The zero-order valence-corrected chi connectivity index (χ0v) is 30.8. The van der Waals surface area contributed by atoms with Crippen LogP contribution in [0, 0.1) is 0 Å². The van der Waals surface area contributed by atoms with Gasteiger partial charge in [-0.2, -0.15) is 5.10 Å². The van der Waals surface area contributed by atoms with Gasteiger partial charge in [-0.1, -0.05) is 18.2 Å². The molecule has 290 valence electrons. The van der Waals surface area contributed by atoms with Gasteiger partial charge in [0.15, 0.2) is 5.65 Å². The molecule has 5 aromatic rings. The van der Waals surface area contributed by atoms with Crippen LogP contribution in [0.1, 0.15) is 46.0 Å². The van der Waals surface area contributed by atoms with E-state index in [1.165, 1.54) is 6.33 Å². The van der Waals surface area contributed by atoms with Gasteiger partial charge in [0.25, 0.3) is 11.8 Å². The summed E-state index contributed by atoms with van der Waals surface area (Å²) in [6.45, 7) is 4.23. The normalized spacial score (nSPS) is 23.4. The fourth-order valence-electron chi connectivity index (χ4n) is 8.83. The van der Waals surface area contributed by atoms with Crippen molar-refractivity contribution in [2.75, 3.05) is 49.9 Å². The Bertz CT molecular complexity index is 2430. The van der Waals surface area contributed by atoms with Gasteiger partial charge in [0.05, 0.1) is 22.6 Å². The number of anilines is 2. The molecule has 1 unspecified atom stereocenters. The van der Waals surface area contributed by atoms with Crippen molar-refractivity contribution >= 4 is 46.2 Å². The highest BCUT2D eigenvalue weighted by molar-refractivity contribution is 6.23. The number of likely N-dealkylation sites (tertiary alicyclic amines) is 2. The number of hydrogen-bond acceptors (Lipinski definition) is 12. The van der Waals surface area contributed by atoms with Crippen molar-refractivity contribution in [3.8, 4) is 22.8 Å². The number of aromatic nitrogens is 4. The molecule has 7 heterocycles. The molecule has 4 saturated heterocycles. The van der Waals surface area contributed by atoms with Gasteiger partial charge in [0.2, 0.25) is 11.8 Å². The van der Waals surface area contributed by atoms with Crippen LogP contribution < -0.4 is 20.7 Å². The van der Waals surface area contributed by atoms with E-state index in [9.17, 15) is 19.2 Å². The van der Waals surface area contributed by atoms with Crippen LogP contribution >= 0.6 is 0 Å². The maximum Gasteiger partial charge on any atom is 0.262 e. The van der Waals surface area contributed by atoms with Crippen molar-refractivity contribution < 1.29 is 28.3 Å². The van der Waals surface area contributed by atoms with Gasteiger partial charge < -0.3 is 15.4 Å². The number of ether oxygens (including phenoxy) is 1. The molecule has 10 rings (SSSR count). The monoisotopic (exact) mass is 770 g/mol. The molecular weight excluding hydrogens is 732 g/mol. The Morgan fingerprint density at radius 1 is 0.789 bits per heavy atom. The van der Waals surface area contributed by atoms with Crippen LogP contribution in [-0.2, 0) is 9.59 Å². The number of alkyl halides is 1. The van der Waals surface area contributed by atoms with E-state index in [0.717, 1.165) is 54.6 Å². The fourth-order valence-corrected chi connectivity index (χ4v) is 8.83. The number of carbonyl (C=O) groups excluding carboxylic acids is 4. The lowest BCUT2D eigenvalue weighted by Gasteiger charge is -2.55. The average molecular weight is 771 g/mol. The van der Waals surface area contributed by atoms with Crippen LogP contribution in [0.15, 0.2) is 79.1 Å². The molecule has 0 spiro atoms. The first-order chi connectivity index (χ1) is 27.7. The van der Waals surface area contributed by atoms with E-state index in [0.29, 0.717) is 47.3 Å². The minimum Gasteiger partial charge on any atom is -0.457 e. The molecule has 3 aromatic carbocycles. The molecule has 3 atom stereocenters. The number of benzene rings is 3. The number of nitrogens with two attached hydrogens (primary N) is 1. The number of amides is 4. The first kappa shape index (κ1) is 35.2. The molecule has 2 aromatic heterocycles. The SMILES string of the molecule is Nc1ncnc2c1c(-c1ccc(Oc3ccccc3)cc1)nn2[C@@H]1CCN(C2CN(C3CN(c4ccc5c(c4)C(=O)N(C4CCC(=O)NC4=O)C5=O)C3)C2)C[C@H]1F. The van der Waals surface area contributed by atoms with Crippen LogP contribution in [0.3, 0.4) is 0 Å². The van der Waals surface area contributed by atoms with E-state index >= 15 is 4.39 Å². The summed E-state index contributed by atoms with van der Waals surface area (Å²) in [5.74, 6) is -0.353. The highest BCUT2D eigenvalue weighted by Gasteiger charge is 2.47. The summed E-state index contributed by atoms with van der Waals surface area (Å²) in [5.41, 5.74) is 9.66. The van der Waals surface area contributed by atoms with Gasteiger partial charge in [0, 0.05) is 69.0 Å². The number of para-hydroxylation sites is 1. The Kier molecular flexibility index (Phi) is 8.48. The largest absolute Gasteiger partial charge is 0.457 e. The Balaban J connectivity index is 0.753. The predicted molar refractivity (Wildman–Crippen MR) is 206 cm³/mol. The van der Waals surface area contributed by atoms with E-state index in [2.05, 4.69) is 30.0 Å². The smallest absolute Gasteiger partial charge is 0.262 e. The second-order valence-electron chi connectivity index (χ2n) is 15.4. The molecule has 3 N–H and O–H groups in total. The van der Waals surface area contributed by atoms with E-state index < -0.39 is 41.9 Å². The second kappa shape index (κ2) is 13.7. The van der Waals surface area contributed by atoms with Crippen molar-refractivity contribution in [3.05, 3.63) is 90.3 Å². The number of halogens is 1. The van der Waals surface area contributed by atoms with Gasteiger partial charge >= 0.3 is 0 Å². The van der Waals surface area contributed by atoms with Crippen molar-refractivity contribution in [1.29, 1.82) is 0 Å². The van der Waals surface area contributed by atoms with E-state index in [1.54, 1.807) is 16.8 Å². The molecule has 5 aliphatic rings. The molecule has 0 radical (unpaired) electrons. The summed E-state index contributed by atoms with van der Waals surface area (Å²) in [5, 5.41) is 7.74. The zero-order valence-electron chi connectivity index (χ0n) is 30.8. The van der Waals surface area contributed by atoms with Crippen LogP contribution in [-0.4, -0.2) is 122 Å². The number of nitrogens with one attached hydrogen (secondary N) is 1. The Hall–Kier alpha value is -6.26. The van der Waals surface area contributed by atoms with Gasteiger partial charge in [-0.25, -0.2) is 19.0 Å². The van der Waals surface area contributed by atoms with Gasteiger partial charge in [-0.05, 0) is 67.4 Å². The van der Waals surface area contributed by atoms with Gasteiger partial charge in [-0.3, -0.25) is 39.2 Å². The lowest BCUT2D eigenvalue weighted by molar-refractivity contribution is -0.136. The molecule has 4 amide bonds. The molecule has 5 aliphatic heterocycles. The number of carbonyl (C=O) groups is 4. The van der Waals surface area contributed by atoms with E-state index in [1.807, 2.05) is 60.7 Å². The number of nitrogen functional groups attached to an aromatic ring is 1. The van der Waals surface area contributed by atoms with Crippen LogP contribution in [0.25, 0.3) is 22.3 Å². The van der Waals surface area contributed by atoms with Crippen molar-refractivity contribution in [2.24, 2.45) is 0 Å². The number of rotatable bonds is 8. The highest BCUT2D eigenvalue weighted by Crippen LogP contribution is 2.38. The third-order valence-corrected chi connectivity index (χ3v) is 12.1. The number of hydrogen-bond donors (Lipinski definition) is 2. The van der Waals surface area contributed by atoms with E-state index in [-0.39, 0.29) is 30.0 Å². The van der Waals surface area contributed by atoms with Gasteiger partial charge in [-0.15, -0.1) is 0 Å². The number of imide groups is 2. The quantitative estimate of drug-likeness (QED) is 0.221. The second-order valence-corrected chi connectivity index (χ2v) is 15.4. The maximum atomic E-state index is 16.2. The molecule has 0 bridgehead atoms. The summed E-state index contributed by atoms with van der Waals surface area (Å²) < 4.78 is 23.9. The van der Waals surface area contributed by atoms with Gasteiger partial charge in [0.1, 0.15) is 41.6 Å². The predicted octanol–water partition coefficient (Wildman–Crippen LogP) is 3.43. The molecule has 15 nitrogen and oxygen atoms in total. The summed E-state index contributed by atoms with van der Waals surface area (Å²) in [4.78, 5) is 67.0. The molecular formula is C41H39FN10O5. The molecule has 0 aliphatic carbocycles. The average Bonchev–Trinajstić information content (AvgIpc) is 3.68. The number of nitrogens with zero attached hydrogens (tertiary/aromatic N) is 8. The van der Waals surface area contributed by atoms with Crippen molar-refractivity contribution in [2.45, 2.75) is 49.6 Å². The van der Waals surface area contributed by atoms with Crippen molar-refractivity contribution in [3.63, 3.8) is 0 Å². The molecule has 16 heteroatoms. The van der Waals surface area contributed by atoms with Crippen LogP contribution in [0.5, 0.6) is 11.5 Å². The van der Waals surface area contributed by atoms with Crippen LogP contribution in [0.2, 0.25) is 0 Å². The Morgan fingerprint density at radius 2 is 1.53 bits per heavy atom. The number of piperidine rings is 2. The summed E-state index contributed by atoms with van der Waals surface area (Å²) in [6, 6.07) is 21.4. The van der Waals surface area contributed by atoms with Crippen LogP contribution in [0.4, 0.5) is 15.9 Å². The third-order valence-electron chi connectivity index (χ3n) is 12.1. The summed E-state index contributed by atoms with van der Waals surface area (Å²) in [6.07, 6.45) is 0.993. The summed E-state index contributed by atoms with van der Waals surface area (Å²) in [7, 11) is 0. The summed E-state index contributed by atoms with van der Waals surface area (Å²) >= 11 is 0. The van der Waals surface area contributed by atoms with Crippen molar-refractivity contribution in [1.82, 2.24) is 39.8 Å². The van der Waals surface area contributed by atoms with E-state index in [4.69, 9.17) is 15.6 Å². The third kappa shape index (κ3) is 6.06. The fraction of sp³-hybridized carbons (Fsp3) is 0.341. The topological polar surface area (TPSA) is 172 Å². The first-order valence-electron chi connectivity index (χ1n) is 19.2. The zero-order chi connectivity index (χ0) is 38.9. The minimum atomic E-state index is -1.17. The lowest BCUT2D eigenvalue weighted by Crippen LogP contribution is -2.70. The maximum absolute atomic E-state index is 16.2. The molecule has 57 heavy (non-hydrogen) atoms. The Morgan fingerprint density at radius 3 is 2.28 bits per heavy atom. The molecule has 0 saturated carbocycles. The lowest BCUT2D eigenvalue weighted by atomic mass is 9.94. The minimum absolute atomic E-state index is 0.0763. The highest BCUT2D eigenvalue weighted by atomic mass is 19.1. The first-order valence-corrected chi connectivity index (χ1v) is 19.2. The molecule has 4 fully saturated rings.